The van der Waals surface area contributed by atoms with Gasteiger partial charge in [-0.3, -0.25) is 0 Å². The summed E-state index contributed by atoms with van der Waals surface area (Å²) in [5.74, 6) is 0. The third kappa shape index (κ3) is 18.7. The van der Waals surface area contributed by atoms with E-state index in [9.17, 15) is 0 Å². The van der Waals surface area contributed by atoms with Crippen molar-refractivity contribution in [1.82, 2.24) is 0 Å². The van der Waals surface area contributed by atoms with Crippen LogP contribution in [-0.2, 0) is 0 Å². The number of halogens is 1. The van der Waals surface area contributed by atoms with Crippen LogP contribution in [0.2, 0.25) is 10.6 Å². The van der Waals surface area contributed by atoms with Crippen LogP contribution in [0.25, 0.3) is 0 Å². The molecule has 0 rings (SSSR count). The van der Waals surface area contributed by atoms with Gasteiger partial charge in [0.2, 0.25) is 15.2 Å². The molecular formula is C4H15Al2Cl. The summed E-state index contributed by atoms with van der Waals surface area (Å²) >= 11 is 0.432. The average Bonchev–Trinajstić information content (AvgIpc) is 1.41. The van der Waals surface area contributed by atoms with E-state index in [-0.39, 0.29) is 29.8 Å². The van der Waals surface area contributed by atoms with E-state index in [0.29, 0.717) is 15.2 Å². The third-order valence-electron chi connectivity index (χ3n) is 0.707. The van der Waals surface area contributed by atoms with Gasteiger partial charge in [0, 0.05) is 0 Å². The van der Waals surface area contributed by atoms with Crippen LogP contribution in [0.4, 0.5) is 0 Å². The lowest BCUT2D eigenvalue weighted by atomic mass is 10.9. The fourth-order valence-electron chi connectivity index (χ4n) is 0.354. The fourth-order valence-corrected chi connectivity index (χ4v) is 1.06. The van der Waals surface area contributed by atoms with Gasteiger partial charge in [0.05, 0.1) is 0 Å². The lowest BCUT2D eigenvalue weighted by molar-refractivity contribution is 1.36. The van der Waals surface area contributed by atoms with E-state index < -0.39 is 0 Å². The molecule has 0 amide bonds. The van der Waals surface area contributed by atoms with Gasteiger partial charge in [0.1, 0.15) is 0 Å². The zero-order valence-corrected chi connectivity index (χ0v) is 6.76. The van der Waals surface area contributed by atoms with Gasteiger partial charge in [-0.2, -0.15) is 0 Å². The van der Waals surface area contributed by atoms with E-state index in [0.717, 1.165) is 0 Å². The molecule has 0 aromatic heterocycles. The Morgan fingerprint density at radius 1 is 1.14 bits per heavy atom. The van der Waals surface area contributed by atoms with Crippen LogP contribution in [0, 0.1) is 0 Å². The molecule has 0 nitrogen and oxygen atoms in total. The Hall–Kier alpha value is 1.35. The molecule has 3 heteroatoms. The first-order valence-electron chi connectivity index (χ1n) is 2.41. The smallest absolute Gasteiger partial charge is 0.147 e. The fraction of sp³-hybridized carbons (Fsp3) is 1.00. The minimum atomic E-state index is 0. The van der Waals surface area contributed by atoms with Gasteiger partial charge in [-0.25, -0.2) is 0 Å². The SMILES string of the molecule is C[CH2][AlH][CH2]C.Cl.[AlH3]. The molecule has 0 spiro atoms. The van der Waals surface area contributed by atoms with E-state index in [1.54, 1.807) is 0 Å². The molecule has 0 aromatic carbocycles. The van der Waals surface area contributed by atoms with Crippen LogP contribution in [0.5, 0.6) is 0 Å². The maximum atomic E-state index is 2.27. The van der Waals surface area contributed by atoms with Crippen molar-refractivity contribution in [3.05, 3.63) is 0 Å². The topological polar surface area (TPSA) is 0 Å². The second-order valence-electron chi connectivity index (χ2n) is 1.35. The van der Waals surface area contributed by atoms with Gasteiger partial charge in [0.25, 0.3) is 0 Å². The summed E-state index contributed by atoms with van der Waals surface area (Å²) in [4.78, 5) is 0. The zero-order chi connectivity index (χ0) is 4.12. The molecule has 0 atom stereocenters. The van der Waals surface area contributed by atoms with Crippen LogP contribution >= 0.6 is 12.4 Å². The monoisotopic (exact) mass is 152 g/mol. The molecule has 44 valence electrons. The van der Waals surface area contributed by atoms with Crippen LogP contribution in [0.1, 0.15) is 13.8 Å². The minimum Gasteiger partial charge on any atom is -0.147 e. The minimum absolute atomic E-state index is 0. The van der Waals surface area contributed by atoms with Crippen molar-refractivity contribution in [2.45, 2.75) is 24.4 Å². The summed E-state index contributed by atoms with van der Waals surface area (Å²) in [6, 6.07) is 0. The van der Waals surface area contributed by atoms with E-state index in [4.69, 9.17) is 0 Å². The van der Waals surface area contributed by atoms with Gasteiger partial charge < -0.3 is 0 Å². The summed E-state index contributed by atoms with van der Waals surface area (Å²) in [5, 5.41) is 2.97. The molecule has 7 heavy (non-hydrogen) atoms. The summed E-state index contributed by atoms with van der Waals surface area (Å²) in [7, 11) is 0. The summed E-state index contributed by atoms with van der Waals surface area (Å²) < 4.78 is 0. The molecule has 0 aliphatic heterocycles. The maximum Gasteiger partial charge on any atom is 0.236 e. The largest absolute Gasteiger partial charge is 0.236 e. The number of hydrogen-bond acceptors (Lipinski definition) is 0. The van der Waals surface area contributed by atoms with E-state index in [1.165, 1.54) is 10.6 Å². The second-order valence-corrected chi connectivity index (χ2v) is 4.06. The van der Waals surface area contributed by atoms with Crippen molar-refractivity contribution in [1.29, 1.82) is 0 Å². The Kier molecular flexibility index (Phi) is 35.3. The molecule has 0 N–H and O–H groups in total. The van der Waals surface area contributed by atoms with Crippen molar-refractivity contribution >= 4 is 45.0 Å². The highest BCUT2D eigenvalue weighted by Gasteiger charge is 1.76. The molecule has 0 bridgehead atoms. The Labute approximate surface area is 69.3 Å². The number of hydrogen-bond donors (Lipinski definition) is 0. The van der Waals surface area contributed by atoms with Gasteiger partial charge in [-0.05, 0) is 0 Å². The number of rotatable bonds is 2. The normalized spacial score (nSPS) is 5.43. The highest BCUT2D eigenvalue weighted by atomic mass is 35.5. The lowest BCUT2D eigenvalue weighted by Gasteiger charge is -1.73. The Morgan fingerprint density at radius 2 is 1.43 bits per heavy atom. The molecule has 0 aromatic rings. The Bertz CT molecular complexity index is 17.2. The predicted octanol–water partition coefficient (Wildman–Crippen LogP) is 0.537. The highest BCUT2D eigenvalue weighted by Crippen LogP contribution is 1.77. The first kappa shape index (κ1) is 15.8. The molecule has 0 aliphatic rings. The Morgan fingerprint density at radius 3 is 1.43 bits per heavy atom. The van der Waals surface area contributed by atoms with Crippen LogP contribution in [0.15, 0.2) is 0 Å². The molecule has 0 aliphatic carbocycles. The molecule has 0 saturated carbocycles. The van der Waals surface area contributed by atoms with Gasteiger partial charge in [-0.15, -0.1) is 23.0 Å². The van der Waals surface area contributed by atoms with Crippen molar-refractivity contribution in [2.24, 2.45) is 0 Å². The van der Waals surface area contributed by atoms with Crippen LogP contribution < -0.4 is 0 Å². The van der Waals surface area contributed by atoms with Crippen molar-refractivity contribution < 1.29 is 0 Å². The molecule has 0 unspecified atom stereocenters. The summed E-state index contributed by atoms with van der Waals surface area (Å²) in [6.45, 7) is 4.55. The molecule has 0 heterocycles. The maximum absolute atomic E-state index is 2.27. The Balaban J connectivity index is -0.0000000800. The predicted molar refractivity (Wildman–Crippen MR) is 45.3 cm³/mol. The highest BCUT2D eigenvalue weighted by molar-refractivity contribution is 6.34. The lowest BCUT2D eigenvalue weighted by Crippen LogP contribution is -1.76. The summed E-state index contributed by atoms with van der Waals surface area (Å²) in [5.41, 5.74) is 0. The molecule has 0 saturated heterocycles. The van der Waals surface area contributed by atoms with Crippen molar-refractivity contribution in [3.8, 4) is 0 Å². The standard InChI is InChI=1S/2C2H5.2Al.ClH.4H/c2*1-2;;;;;;;/h2*1H2,2H3;;;1H;;;;. The van der Waals surface area contributed by atoms with Crippen LogP contribution in [-0.4, -0.2) is 32.6 Å². The van der Waals surface area contributed by atoms with Crippen LogP contribution in [0.3, 0.4) is 0 Å². The van der Waals surface area contributed by atoms with E-state index >= 15 is 0 Å². The van der Waals surface area contributed by atoms with Gasteiger partial charge in [-0.1, -0.05) is 13.8 Å². The molecular weight excluding hydrogens is 137 g/mol. The molecule has 0 radical (unpaired) electrons. The van der Waals surface area contributed by atoms with E-state index in [2.05, 4.69) is 13.8 Å². The first-order chi connectivity index (χ1) is 2.41. The van der Waals surface area contributed by atoms with E-state index in [1.807, 2.05) is 0 Å². The zero-order valence-electron chi connectivity index (χ0n) is 4.53. The van der Waals surface area contributed by atoms with Gasteiger partial charge in [0.15, 0.2) is 17.4 Å². The van der Waals surface area contributed by atoms with Crippen molar-refractivity contribution in [3.63, 3.8) is 0 Å². The average molecular weight is 153 g/mol. The van der Waals surface area contributed by atoms with Gasteiger partial charge >= 0.3 is 0 Å². The summed E-state index contributed by atoms with van der Waals surface area (Å²) in [6.07, 6.45) is 0. The second kappa shape index (κ2) is 15.7. The molecule has 0 fully saturated rings. The first-order valence-corrected chi connectivity index (χ1v) is 4.41. The van der Waals surface area contributed by atoms with Crippen molar-refractivity contribution in [2.75, 3.05) is 0 Å². The third-order valence-corrected chi connectivity index (χ3v) is 2.12. The quantitative estimate of drug-likeness (QED) is 0.507.